The third-order valence-corrected chi connectivity index (χ3v) is 4.88. The molecule has 3 aromatic rings. The summed E-state index contributed by atoms with van der Waals surface area (Å²) < 4.78 is 2.16. The number of halogens is 1. The Balaban J connectivity index is 1.93. The number of benzene rings is 2. The van der Waals surface area contributed by atoms with Crippen molar-refractivity contribution in [2.24, 2.45) is 0 Å². The van der Waals surface area contributed by atoms with Crippen LogP contribution in [0.3, 0.4) is 0 Å². The molecule has 0 aliphatic rings. The van der Waals surface area contributed by atoms with Crippen molar-refractivity contribution in [3.63, 3.8) is 0 Å². The van der Waals surface area contributed by atoms with Crippen LogP contribution in [0.1, 0.15) is 22.8 Å². The molecule has 0 aliphatic heterocycles. The normalized spacial score (nSPS) is 10.8. The molecule has 1 N–H and O–H groups in total. The Morgan fingerprint density at radius 1 is 1.24 bits per heavy atom. The second-order valence-electron chi connectivity index (χ2n) is 4.75. The molecule has 1 heterocycles. The molecule has 106 valence electrons. The molecule has 0 spiro atoms. The fourth-order valence-electron chi connectivity index (χ4n) is 2.32. The maximum atomic E-state index is 12.5. The van der Waals surface area contributed by atoms with Crippen LogP contribution in [0.4, 0.5) is 5.69 Å². The van der Waals surface area contributed by atoms with E-state index in [1.807, 2.05) is 47.8 Å². The fourth-order valence-corrected chi connectivity index (χ4v) is 3.67. The number of hydrogen-bond acceptors (Lipinski definition) is 2. The molecule has 4 heteroatoms. The Bertz CT molecular complexity index is 809. The minimum atomic E-state index is -0.0514. The second-order valence-corrected chi connectivity index (χ2v) is 6.58. The van der Waals surface area contributed by atoms with Crippen LogP contribution in [0.25, 0.3) is 10.1 Å². The van der Waals surface area contributed by atoms with Gasteiger partial charge in [0.1, 0.15) is 0 Å². The van der Waals surface area contributed by atoms with Crippen molar-refractivity contribution in [2.75, 3.05) is 5.32 Å². The van der Waals surface area contributed by atoms with Gasteiger partial charge >= 0.3 is 0 Å². The monoisotopic (exact) mass is 359 g/mol. The van der Waals surface area contributed by atoms with Gasteiger partial charge in [-0.15, -0.1) is 11.3 Å². The topological polar surface area (TPSA) is 29.1 Å². The molecule has 0 fully saturated rings. The maximum Gasteiger partial charge on any atom is 0.257 e. The Kier molecular flexibility index (Phi) is 4.08. The fraction of sp³-hybridized carbons (Fsp3) is 0.118. The molecule has 0 unspecified atom stereocenters. The standard InChI is InChI=1S/C17H14BrNOS/c1-2-11-9-12(18)7-8-15(11)19-17(20)14-10-21-16-6-4-3-5-13(14)16/h3-10H,2H2,1H3,(H,19,20). The van der Waals surface area contributed by atoms with Gasteiger partial charge in [-0.1, -0.05) is 41.1 Å². The van der Waals surface area contributed by atoms with Crippen LogP contribution in [0.15, 0.2) is 52.3 Å². The van der Waals surface area contributed by atoms with Gasteiger partial charge in [0.25, 0.3) is 5.91 Å². The van der Waals surface area contributed by atoms with E-state index in [0.29, 0.717) is 0 Å². The molecule has 3 rings (SSSR count). The average Bonchev–Trinajstić information content (AvgIpc) is 2.93. The third kappa shape index (κ3) is 2.87. The Labute approximate surface area is 135 Å². The predicted molar refractivity (Wildman–Crippen MR) is 93.3 cm³/mol. The molecule has 0 saturated carbocycles. The van der Waals surface area contributed by atoms with Crippen LogP contribution in [0.5, 0.6) is 0 Å². The lowest BCUT2D eigenvalue weighted by Gasteiger charge is -2.10. The zero-order valence-electron chi connectivity index (χ0n) is 11.5. The highest BCUT2D eigenvalue weighted by Crippen LogP contribution is 2.27. The Hall–Kier alpha value is -1.65. The minimum Gasteiger partial charge on any atom is -0.322 e. The number of fused-ring (bicyclic) bond motifs is 1. The van der Waals surface area contributed by atoms with Gasteiger partial charge in [0.15, 0.2) is 0 Å². The summed E-state index contributed by atoms with van der Waals surface area (Å²) in [6.07, 6.45) is 0.874. The first kappa shape index (κ1) is 14.3. The molecule has 2 aromatic carbocycles. The number of carbonyl (C=O) groups is 1. The summed E-state index contributed by atoms with van der Waals surface area (Å²) in [7, 11) is 0. The summed E-state index contributed by atoms with van der Waals surface area (Å²) >= 11 is 5.06. The van der Waals surface area contributed by atoms with Crippen molar-refractivity contribution in [2.45, 2.75) is 13.3 Å². The number of hydrogen-bond donors (Lipinski definition) is 1. The zero-order chi connectivity index (χ0) is 14.8. The van der Waals surface area contributed by atoms with E-state index in [-0.39, 0.29) is 5.91 Å². The van der Waals surface area contributed by atoms with Crippen molar-refractivity contribution in [1.82, 2.24) is 0 Å². The minimum absolute atomic E-state index is 0.0514. The number of amides is 1. The van der Waals surface area contributed by atoms with Crippen LogP contribution in [-0.2, 0) is 6.42 Å². The summed E-state index contributed by atoms with van der Waals surface area (Å²) in [6.45, 7) is 2.08. The molecule has 1 amide bonds. The van der Waals surface area contributed by atoms with Gasteiger partial charge in [0.2, 0.25) is 0 Å². The van der Waals surface area contributed by atoms with Gasteiger partial charge in [-0.3, -0.25) is 4.79 Å². The van der Waals surface area contributed by atoms with E-state index in [1.165, 1.54) is 0 Å². The summed E-state index contributed by atoms with van der Waals surface area (Å²) in [6, 6.07) is 13.9. The highest BCUT2D eigenvalue weighted by molar-refractivity contribution is 9.10. The van der Waals surface area contributed by atoms with E-state index in [9.17, 15) is 4.79 Å². The first-order valence-corrected chi connectivity index (χ1v) is 8.42. The van der Waals surface area contributed by atoms with Crippen molar-refractivity contribution >= 4 is 48.9 Å². The van der Waals surface area contributed by atoms with Gasteiger partial charge in [-0.25, -0.2) is 0 Å². The number of carbonyl (C=O) groups excluding carboxylic acids is 1. The third-order valence-electron chi connectivity index (χ3n) is 3.42. The predicted octanol–water partition coefficient (Wildman–Crippen LogP) is 5.48. The lowest BCUT2D eigenvalue weighted by atomic mass is 10.1. The van der Waals surface area contributed by atoms with Crippen LogP contribution < -0.4 is 5.32 Å². The molecule has 0 radical (unpaired) electrons. The van der Waals surface area contributed by atoms with E-state index in [1.54, 1.807) is 11.3 Å². The molecule has 1 aromatic heterocycles. The lowest BCUT2D eigenvalue weighted by molar-refractivity contribution is 0.102. The van der Waals surface area contributed by atoms with Crippen LogP contribution in [-0.4, -0.2) is 5.91 Å². The molecule has 0 aliphatic carbocycles. The summed E-state index contributed by atoms with van der Waals surface area (Å²) in [5.74, 6) is -0.0514. The Morgan fingerprint density at radius 2 is 2.05 bits per heavy atom. The maximum absolute atomic E-state index is 12.5. The highest BCUT2D eigenvalue weighted by atomic mass is 79.9. The number of thiophene rings is 1. The Morgan fingerprint density at radius 3 is 2.86 bits per heavy atom. The highest BCUT2D eigenvalue weighted by Gasteiger charge is 2.13. The quantitative estimate of drug-likeness (QED) is 0.659. The molecular weight excluding hydrogens is 346 g/mol. The SMILES string of the molecule is CCc1cc(Br)ccc1NC(=O)c1csc2ccccc12. The van der Waals surface area contributed by atoms with Crippen molar-refractivity contribution < 1.29 is 4.79 Å². The van der Waals surface area contributed by atoms with Crippen LogP contribution >= 0.6 is 27.3 Å². The van der Waals surface area contributed by atoms with E-state index in [4.69, 9.17) is 0 Å². The molecule has 0 bridgehead atoms. The second kappa shape index (κ2) is 6.00. The van der Waals surface area contributed by atoms with Gasteiger partial charge in [-0.05, 0) is 36.2 Å². The summed E-state index contributed by atoms with van der Waals surface area (Å²) in [5, 5.41) is 5.96. The van der Waals surface area contributed by atoms with Gasteiger partial charge < -0.3 is 5.32 Å². The molecule has 0 atom stereocenters. The van der Waals surface area contributed by atoms with E-state index < -0.39 is 0 Å². The van der Waals surface area contributed by atoms with E-state index in [2.05, 4.69) is 28.2 Å². The van der Waals surface area contributed by atoms with Crippen LogP contribution in [0, 0.1) is 0 Å². The van der Waals surface area contributed by atoms with Gasteiger partial charge in [-0.2, -0.15) is 0 Å². The van der Waals surface area contributed by atoms with E-state index >= 15 is 0 Å². The average molecular weight is 360 g/mol. The summed E-state index contributed by atoms with van der Waals surface area (Å²) in [5.41, 5.74) is 2.74. The van der Waals surface area contributed by atoms with Crippen molar-refractivity contribution in [3.8, 4) is 0 Å². The number of rotatable bonds is 3. The largest absolute Gasteiger partial charge is 0.322 e. The molecular formula is C17H14BrNOS. The zero-order valence-corrected chi connectivity index (χ0v) is 13.9. The molecule has 2 nitrogen and oxygen atoms in total. The van der Waals surface area contributed by atoms with Gasteiger partial charge in [0.05, 0.1) is 5.56 Å². The van der Waals surface area contributed by atoms with Crippen LogP contribution in [0.2, 0.25) is 0 Å². The van der Waals surface area contributed by atoms with Gasteiger partial charge in [0, 0.05) is 25.6 Å². The first-order chi connectivity index (χ1) is 10.2. The van der Waals surface area contributed by atoms with E-state index in [0.717, 1.165) is 37.8 Å². The van der Waals surface area contributed by atoms with Crippen molar-refractivity contribution in [3.05, 3.63) is 63.4 Å². The van der Waals surface area contributed by atoms with Crippen molar-refractivity contribution in [1.29, 1.82) is 0 Å². The first-order valence-electron chi connectivity index (χ1n) is 6.75. The lowest BCUT2D eigenvalue weighted by Crippen LogP contribution is -2.12. The molecule has 21 heavy (non-hydrogen) atoms. The number of anilines is 1. The smallest absolute Gasteiger partial charge is 0.257 e. The number of nitrogens with one attached hydrogen (secondary N) is 1. The molecule has 0 saturated heterocycles. The number of aryl methyl sites for hydroxylation is 1. The summed E-state index contributed by atoms with van der Waals surface area (Å²) in [4.78, 5) is 12.5.